The molecule has 1 N–H and O–H groups in total. The molecule has 0 spiro atoms. The van der Waals surface area contributed by atoms with Crippen LogP contribution in [0, 0.1) is 5.41 Å². The van der Waals surface area contributed by atoms with Crippen molar-refractivity contribution in [1.82, 2.24) is 0 Å². The van der Waals surface area contributed by atoms with Gasteiger partial charge in [-0.25, -0.2) is 9.68 Å². The molecule has 5 heteroatoms. The molecular weight excluding hydrogens is 464 g/mol. The Bertz CT molecular complexity index is 1080. The minimum atomic E-state index is -1.58. The Hall–Kier alpha value is -2.73. The minimum absolute atomic E-state index is 0.0482. The average Bonchev–Trinajstić information content (AvgIpc) is 2.83. The van der Waals surface area contributed by atoms with Gasteiger partial charge in [-0.05, 0) is 83.4 Å². The highest BCUT2D eigenvalue weighted by atomic mass is 17.2. The van der Waals surface area contributed by atoms with Gasteiger partial charge >= 0.3 is 5.97 Å². The molecule has 1 fully saturated rings. The fourth-order valence-corrected chi connectivity index (χ4v) is 4.49. The van der Waals surface area contributed by atoms with Gasteiger partial charge in [0.05, 0.1) is 6.61 Å². The SMILES string of the molecule is CCOC(=O)/C(C)=C/C=C/C(C)=C/C=C/C=C(C)/C=C/C=C(\C)C1(O)C=C2C(C)(C)CCCC2(C)OO1. The molecule has 1 aliphatic carbocycles. The first kappa shape index (κ1) is 30.5. The number of hydrogen-bond donors (Lipinski definition) is 1. The Morgan fingerprint density at radius 2 is 1.51 bits per heavy atom. The predicted molar refractivity (Wildman–Crippen MR) is 150 cm³/mol. The van der Waals surface area contributed by atoms with Crippen LogP contribution in [0.1, 0.15) is 74.7 Å². The maximum Gasteiger partial charge on any atom is 0.333 e. The van der Waals surface area contributed by atoms with Gasteiger partial charge in [-0.2, -0.15) is 4.89 Å². The molecule has 1 aliphatic heterocycles. The van der Waals surface area contributed by atoms with Gasteiger partial charge in [-0.15, -0.1) is 0 Å². The van der Waals surface area contributed by atoms with E-state index in [1.165, 1.54) is 0 Å². The number of carbonyl (C=O) groups is 1. The third-order valence-electron chi connectivity index (χ3n) is 6.85. The lowest BCUT2D eigenvalue weighted by Gasteiger charge is -2.49. The Balaban J connectivity index is 2.00. The Morgan fingerprint density at radius 3 is 2.11 bits per heavy atom. The third kappa shape index (κ3) is 8.67. The van der Waals surface area contributed by atoms with Crippen molar-refractivity contribution in [2.75, 3.05) is 6.61 Å². The Kier molecular flexibility index (Phi) is 10.9. The molecular formula is C32H44O5. The molecule has 1 heterocycles. The number of ether oxygens (including phenoxy) is 1. The molecule has 0 aromatic rings. The molecule has 0 radical (unpaired) electrons. The number of aliphatic hydroxyl groups is 1. The fraction of sp³-hybridized carbons (Fsp3) is 0.469. The van der Waals surface area contributed by atoms with E-state index in [9.17, 15) is 9.90 Å². The Labute approximate surface area is 223 Å². The lowest BCUT2D eigenvalue weighted by molar-refractivity contribution is -0.439. The van der Waals surface area contributed by atoms with Gasteiger partial charge in [0.15, 0.2) is 0 Å². The van der Waals surface area contributed by atoms with Gasteiger partial charge in [-0.1, -0.05) is 85.8 Å². The van der Waals surface area contributed by atoms with Crippen LogP contribution in [0.3, 0.4) is 0 Å². The molecule has 2 rings (SSSR count). The van der Waals surface area contributed by atoms with Gasteiger partial charge in [-0.3, -0.25) is 0 Å². The summed E-state index contributed by atoms with van der Waals surface area (Å²) in [6, 6.07) is 0. The maximum atomic E-state index is 11.6. The van der Waals surface area contributed by atoms with E-state index in [-0.39, 0.29) is 11.4 Å². The molecule has 2 atom stereocenters. The quantitative estimate of drug-likeness (QED) is 0.115. The van der Waals surface area contributed by atoms with Gasteiger partial charge in [0.2, 0.25) is 5.79 Å². The molecule has 2 unspecified atom stereocenters. The van der Waals surface area contributed by atoms with E-state index in [1.54, 1.807) is 19.9 Å². The van der Waals surface area contributed by atoms with Crippen LogP contribution in [0.15, 0.2) is 94.7 Å². The van der Waals surface area contributed by atoms with Crippen molar-refractivity contribution in [2.24, 2.45) is 5.41 Å². The van der Waals surface area contributed by atoms with E-state index in [2.05, 4.69) is 13.8 Å². The zero-order valence-corrected chi connectivity index (χ0v) is 23.8. The van der Waals surface area contributed by atoms with Gasteiger partial charge in [0.25, 0.3) is 0 Å². The lowest BCUT2D eigenvalue weighted by atomic mass is 9.65. The van der Waals surface area contributed by atoms with E-state index in [0.29, 0.717) is 17.8 Å². The standard InChI is InChI=1S/C32H44O5/c1-9-35-29(33)26(4)19-12-17-24(2)15-10-11-16-25(3)18-13-20-27(5)32(34)23-28-30(6,7)21-14-22-31(28,8)36-37-32/h10-13,15-20,23,34H,9,14,21-22H2,1-8H3/b11-10+,17-12+,18-13+,24-15+,25-16+,26-19+,27-20+. The summed E-state index contributed by atoms with van der Waals surface area (Å²) in [6.45, 7) is 16.2. The molecule has 37 heavy (non-hydrogen) atoms. The Morgan fingerprint density at radius 1 is 0.919 bits per heavy atom. The summed E-state index contributed by atoms with van der Waals surface area (Å²) in [6.07, 6.45) is 24.0. The summed E-state index contributed by atoms with van der Waals surface area (Å²) in [4.78, 5) is 22.9. The van der Waals surface area contributed by atoms with Crippen molar-refractivity contribution in [1.29, 1.82) is 0 Å². The van der Waals surface area contributed by atoms with E-state index in [0.717, 1.165) is 36.0 Å². The van der Waals surface area contributed by atoms with Crippen LogP contribution in [-0.4, -0.2) is 29.1 Å². The monoisotopic (exact) mass is 508 g/mol. The van der Waals surface area contributed by atoms with Crippen molar-refractivity contribution in [2.45, 2.75) is 86.0 Å². The summed E-state index contributed by atoms with van der Waals surface area (Å²) in [5, 5.41) is 11.2. The second-order valence-corrected chi connectivity index (χ2v) is 10.7. The summed E-state index contributed by atoms with van der Waals surface area (Å²) < 4.78 is 4.96. The number of hydrogen-bond acceptors (Lipinski definition) is 5. The molecule has 1 saturated carbocycles. The first-order valence-electron chi connectivity index (χ1n) is 13.1. The molecule has 0 aromatic heterocycles. The van der Waals surface area contributed by atoms with Crippen LogP contribution in [-0.2, 0) is 19.3 Å². The lowest BCUT2D eigenvalue weighted by Crippen LogP contribution is -2.50. The molecule has 0 bridgehead atoms. The van der Waals surface area contributed by atoms with E-state index < -0.39 is 11.4 Å². The molecule has 2 aliphatic rings. The van der Waals surface area contributed by atoms with Crippen molar-refractivity contribution in [3.8, 4) is 0 Å². The number of allylic oxidation sites excluding steroid dienone is 12. The van der Waals surface area contributed by atoms with E-state index in [1.807, 2.05) is 88.5 Å². The van der Waals surface area contributed by atoms with Crippen LogP contribution in [0.4, 0.5) is 0 Å². The van der Waals surface area contributed by atoms with Crippen molar-refractivity contribution in [3.63, 3.8) is 0 Å². The summed E-state index contributed by atoms with van der Waals surface area (Å²) in [5.41, 5.74) is 3.89. The third-order valence-corrected chi connectivity index (χ3v) is 6.85. The average molecular weight is 509 g/mol. The van der Waals surface area contributed by atoms with Crippen molar-refractivity contribution < 1.29 is 24.4 Å². The van der Waals surface area contributed by atoms with Crippen LogP contribution in [0.5, 0.6) is 0 Å². The van der Waals surface area contributed by atoms with Crippen molar-refractivity contribution >= 4 is 5.97 Å². The summed E-state index contributed by atoms with van der Waals surface area (Å²) in [7, 11) is 0. The van der Waals surface area contributed by atoms with Gasteiger partial charge in [0, 0.05) is 5.57 Å². The van der Waals surface area contributed by atoms with E-state index >= 15 is 0 Å². The minimum Gasteiger partial charge on any atom is -0.463 e. The molecule has 0 amide bonds. The number of rotatable bonds is 9. The highest BCUT2D eigenvalue weighted by Crippen LogP contribution is 2.51. The van der Waals surface area contributed by atoms with Crippen LogP contribution in [0.25, 0.3) is 0 Å². The van der Waals surface area contributed by atoms with Crippen molar-refractivity contribution in [3.05, 3.63) is 94.7 Å². The van der Waals surface area contributed by atoms with Crippen LogP contribution < -0.4 is 0 Å². The summed E-state index contributed by atoms with van der Waals surface area (Å²) >= 11 is 0. The number of esters is 1. The molecule has 0 saturated heterocycles. The van der Waals surface area contributed by atoms with Gasteiger partial charge in [0.1, 0.15) is 5.60 Å². The molecule has 5 nitrogen and oxygen atoms in total. The normalized spacial score (nSPS) is 27.6. The smallest absolute Gasteiger partial charge is 0.333 e. The van der Waals surface area contributed by atoms with Crippen LogP contribution in [0.2, 0.25) is 0 Å². The predicted octanol–water partition coefficient (Wildman–Crippen LogP) is 7.55. The number of carbonyl (C=O) groups excluding carboxylic acids is 1. The van der Waals surface area contributed by atoms with Gasteiger partial charge < -0.3 is 9.84 Å². The zero-order valence-electron chi connectivity index (χ0n) is 23.8. The first-order valence-corrected chi connectivity index (χ1v) is 13.1. The maximum absolute atomic E-state index is 11.6. The second-order valence-electron chi connectivity index (χ2n) is 10.7. The number of fused-ring (bicyclic) bond motifs is 1. The highest BCUT2D eigenvalue weighted by Gasteiger charge is 2.50. The molecule has 202 valence electrons. The first-order chi connectivity index (χ1) is 17.3. The fourth-order valence-electron chi connectivity index (χ4n) is 4.49. The van der Waals surface area contributed by atoms with Crippen LogP contribution >= 0.6 is 0 Å². The largest absolute Gasteiger partial charge is 0.463 e. The van der Waals surface area contributed by atoms with E-state index in [4.69, 9.17) is 14.5 Å². The zero-order chi connectivity index (χ0) is 27.7. The molecule has 0 aromatic carbocycles. The highest BCUT2D eigenvalue weighted by molar-refractivity contribution is 5.88. The second kappa shape index (κ2) is 13.2. The topological polar surface area (TPSA) is 65.0 Å². The summed E-state index contributed by atoms with van der Waals surface area (Å²) in [5.74, 6) is -1.88.